The summed E-state index contributed by atoms with van der Waals surface area (Å²) in [5.41, 5.74) is 0. The molecule has 0 aliphatic heterocycles. The van der Waals surface area contributed by atoms with Gasteiger partial charge in [-0.2, -0.15) is 4.89 Å². The predicted molar refractivity (Wildman–Crippen MR) is 20.9 cm³/mol. The second-order valence-electron chi connectivity index (χ2n) is 0.716. The molecule has 0 aliphatic rings. The highest BCUT2D eigenvalue weighted by molar-refractivity contribution is 4.61. The molecule has 0 fully saturated rings. The van der Waals surface area contributed by atoms with Gasteiger partial charge in [-0.15, -0.1) is 6.58 Å². The van der Waals surface area contributed by atoms with Crippen LogP contribution in [0.25, 0.3) is 0 Å². The monoisotopic (exact) mass is 106 g/mol. The molecule has 4 nitrogen and oxygen atoms in total. The van der Waals surface area contributed by atoms with Crippen LogP contribution >= 0.6 is 0 Å². The van der Waals surface area contributed by atoms with Gasteiger partial charge >= 0.3 is 0 Å². The summed E-state index contributed by atoms with van der Waals surface area (Å²) < 4.78 is 0. The Morgan fingerprint density at radius 1 is 1.71 bits per heavy atom. The number of hydrogen-bond donors (Lipinski definition) is 1. The van der Waals surface area contributed by atoms with Gasteiger partial charge in [0.1, 0.15) is 6.61 Å². The summed E-state index contributed by atoms with van der Waals surface area (Å²) >= 11 is 0. The third kappa shape index (κ3) is 5.58. The van der Waals surface area contributed by atoms with Crippen molar-refractivity contribution in [2.75, 3.05) is 6.61 Å². The number of hydrogen-bond acceptors (Lipinski definition) is 4. The van der Waals surface area contributed by atoms with E-state index in [0.717, 1.165) is 0 Å². The van der Waals surface area contributed by atoms with Gasteiger partial charge in [0.25, 0.3) is 0 Å². The molecule has 0 saturated carbocycles. The fraction of sp³-hybridized carbons (Fsp3) is 0.333. The minimum absolute atomic E-state index is 0.181. The van der Waals surface area contributed by atoms with E-state index in [9.17, 15) is 0 Å². The Labute approximate surface area is 40.7 Å². The third-order valence-electron chi connectivity index (χ3n) is 0.264. The molecule has 0 unspecified atom stereocenters. The maximum absolute atomic E-state index is 7.41. The predicted octanol–water partition coefficient (Wildman–Crippen LogP) is 0.525. The van der Waals surface area contributed by atoms with Crippen LogP contribution in [0.4, 0.5) is 0 Å². The summed E-state index contributed by atoms with van der Waals surface area (Å²) in [4.78, 5) is 4.04. The van der Waals surface area contributed by atoms with Crippen molar-refractivity contribution in [2.45, 2.75) is 0 Å². The van der Waals surface area contributed by atoms with E-state index < -0.39 is 0 Å². The standard InChI is InChI=1S/C3H6O4/c1-2-3-5-7-6-4/h2,4H,1,3H2. The fourth-order valence-electron chi connectivity index (χ4n) is 0.0974. The largest absolute Gasteiger partial charge is 0.219 e. The summed E-state index contributed by atoms with van der Waals surface area (Å²) in [5.74, 6) is 0. The lowest BCUT2D eigenvalue weighted by Crippen LogP contribution is -1.91. The number of rotatable bonds is 4. The first-order valence-corrected chi connectivity index (χ1v) is 1.62. The minimum Gasteiger partial charge on any atom is -0.219 e. The summed E-state index contributed by atoms with van der Waals surface area (Å²) in [7, 11) is 0. The molecule has 0 aliphatic carbocycles. The first-order chi connectivity index (χ1) is 3.41. The van der Waals surface area contributed by atoms with Crippen molar-refractivity contribution in [3.05, 3.63) is 12.7 Å². The van der Waals surface area contributed by atoms with E-state index in [1.807, 2.05) is 0 Å². The van der Waals surface area contributed by atoms with E-state index in [-0.39, 0.29) is 6.61 Å². The highest BCUT2D eigenvalue weighted by atomic mass is 17.6. The van der Waals surface area contributed by atoms with Gasteiger partial charge in [-0.05, 0) is 10.1 Å². The lowest BCUT2D eigenvalue weighted by Gasteiger charge is -1.89. The first-order valence-electron chi connectivity index (χ1n) is 1.62. The molecule has 0 atom stereocenters. The zero-order valence-corrected chi connectivity index (χ0v) is 3.66. The van der Waals surface area contributed by atoms with Gasteiger partial charge in [-0.1, -0.05) is 6.08 Å². The molecule has 0 spiro atoms. The second-order valence-corrected chi connectivity index (χ2v) is 0.716. The van der Waals surface area contributed by atoms with E-state index in [1.165, 1.54) is 6.08 Å². The lowest BCUT2D eigenvalue weighted by atomic mass is 10.7. The van der Waals surface area contributed by atoms with Crippen molar-refractivity contribution < 1.29 is 20.2 Å². The molecule has 0 saturated heterocycles. The molecule has 0 bridgehead atoms. The van der Waals surface area contributed by atoms with Crippen LogP contribution in [0.2, 0.25) is 0 Å². The van der Waals surface area contributed by atoms with Crippen LogP contribution in [-0.2, 0) is 15.0 Å². The molecule has 4 heteroatoms. The van der Waals surface area contributed by atoms with Crippen LogP contribution in [-0.4, -0.2) is 11.9 Å². The Hall–Kier alpha value is -0.420. The normalized spacial score (nSPS) is 8.71. The first kappa shape index (κ1) is 6.58. The minimum atomic E-state index is 0.181. The SMILES string of the molecule is C=CCOOOO. The van der Waals surface area contributed by atoms with Crippen LogP contribution in [0.15, 0.2) is 12.7 Å². The Bertz CT molecular complexity index is 44.2. The Balaban J connectivity index is 2.56. The average Bonchev–Trinajstić information content (AvgIpc) is 1.69. The van der Waals surface area contributed by atoms with E-state index in [0.29, 0.717) is 0 Å². The lowest BCUT2D eigenvalue weighted by molar-refractivity contribution is -0.621. The van der Waals surface area contributed by atoms with Gasteiger partial charge < -0.3 is 0 Å². The molecule has 0 rings (SSSR count). The van der Waals surface area contributed by atoms with Gasteiger partial charge in [0.2, 0.25) is 0 Å². The molecule has 0 aromatic carbocycles. The molecule has 1 N–H and O–H groups in total. The molecule has 0 radical (unpaired) electrons. The van der Waals surface area contributed by atoms with E-state index in [2.05, 4.69) is 21.5 Å². The molecular weight excluding hydrogens is 100 g/mol. The van der Waals surface area contributed by atoms with Crippen LogP contribution in [0.1, 0.15) is 0 Å². The average molecular weight is 106 g/mol. The third-order valence-corrected chi connectivity index (χ3v) is 0.264. The van der Waals surface area contributed by atoms with Crippen molar-refractivity contribution in [3.63, 3.8) is 0 Å². The molecular formula is C3H6O4. The van der Waals surface area contributed by atoms with Crippen molar-refractivity contribution in [2.24, 2.45) is 0 Å². The zero-order chi connectivity index (χ0) is 5.54. The van der Waals surface area contributed by atoms with E-state index in [1.54, 1.807) is 0 Å². The second kappa shape index (κ2) is 5.58. The summed E-state index contributed by atoms with van der Waals surface area (Å²) in [6, 6.07) is 0. The Morgan fingerprint density at radius 3 is 2.86 bits per heavy atom. The molecule has 0 heterocycles. The molecule has 0 aromatic heterocycles. The highest BCUT2D eigenvalue weighted by Crippen LogP contribution is 1.75. The van der Waals surface area contributed by atoms with Gasteiger partial charge in [0, 0.05) is 0 Å². The molecule has 42 valence electrons. The topological polar surface area (TPSA) is 47.9 Å². The van der Waals surface area contributed by atoms with Crippen molar-refractivity contribution in [3.8, 4) is 0 Å². The van der Waals surface area contributed by atoms with Crippen LogP contribution in [0.3, 0.4) is 0 Å². The maximum Gasteiger partial charge on any atom is 0.103 e. The van der Waals surface area contributed by atoms with Gasteiger partial charge in [0.15, 0.2) is 0 Å². The van der Waals surface area contributed by atoms with Gasteiger partial charge in [-0.3, -0.25) is 0 Å². The van der Waals surface area contributed by atoms with Crippen LogP contribution in [0.5, 0.6) is 0 Å². The molecule has 0 aromatic rings. The van der Waals surface area contributed by atoms with Crippen LogP contribution in [0, 0.1) is 0 Å². The van der Waals surface area contributed by atoms with Gasteiger partial charge in [-0.25, -0.2) is 5.26 Å². The Kier molecular flexibility index (Phi) is 5.25. The quantitative estimate of drug-likeness (QED) is 0.246. The van der Waals surface area contributed by atoms with Crippen molar-refractivity contribution in [1.82, 2.24) is 0 Å². The summed E-state index contributed by atoms with van der Waals surface area (Å²) in [6.45, 7) is 3.47. The maximum atomic E-state index is 7.41. The fourth-order valence-corrected chi connectivity index (χ4v) is 0.0974. The summed E-state index contributed by atoms with van der Waals surface area (Å²) in [6.07, 6.45) is 1.44. The van der Waals surface area contributed by atoms with E-state index in [4.69, 9.17) is 5.26 Å². The smallest absolute Gasteiger partial charge is 0.103 e. The molecule has 7 heavy (non-hydrogen) atoms. The van der Waals surface area contributed by atoms with Gasteiger partial charge in [0.05, 0.1) is 0 Å². The summed E-state index contributed by atoms with van der Waals surface area (Å²) in [5, 5.41) is 14.0. The highest BCUT2D eigenvalue weighted by Gasteiger charge is 1.76. The zero-order valence-electron chi connectivity index (χ0n) is 3.66. The molecule has 0 amide bonds. The van der Waals surface area contributed by atoms with Crippen molar-refractivity contribution >= 4 is 0 Å². The van der Waals surface area contributed by atoms with Crippen molar-refractivity contribution in [1.29, 1.82) is 0 Å². The van der Waals surface area contributed by atoms with Crippen LogP contribution < -0.4 is 0 Å². The van der Waals surface area contributed by atoms with E-state index >= 15 is 0 Å². The Morgan fingerprint density at radius 2 is 2.43 bits per heavy atom.